The van der Waals surface area contributed by atoms with Crippen molar-refractivity contribution in [1.29, 1.82) is 0 Å². The highest BCUT2D eigenvalue weighted by atomic mass is 16.3. The molecule has 1 aliphatic heterocycles. The Hall–Kier alpha value is -0.940. The van der Waals surface area contributed by atoms with Crippen LogP contribution >= 0.6 is 0 Å². The van der Waals surface area contributed by atoms with Gasteiger partial charge in [-0.3, -0.25) is 9.79 Å². The Morgan fingerprint density at radius 3 is 2.72 bits per heavy atom. The average Bonchev–Trinajstić information content (AvgIpc) is 3.18. The summed E-state index contributed by atoms with van der Waals surface area (Å²) < 4.78 is 0. The molecule has 0 bridgehead atoms. The Labute approximate surface area is 221 Å². The fourth-order valence-corrected chi connectivity index (χ4v) is 9.03. The predicted octanol–water partition coefficient (Wildman–Crippen LogP) is 5.70. The minimum Gasteiger partial charge on any atom is -0.393 e. The fourth-order valence-electron chi connectivity index (χ4n) is 9.03. The Morgan fingerprint density at radius 2 is 2.00 bits per heavy atom. The number of likely N-dealkylation sites (N-methyl/N-ethyl adjacent to an activating group) is 1. The first-order chi connectivity index (χ1) is 17.2. The number of amides is 1. The van der Waals surface area contributed by atoms with Gasteiger partial charge in [-0.15, -0.1) is 0 Å². The number of nitrogens with one attached hydrogen (secondary N) is 1. The fraction of sp³-hybridized carbons (Fsp3) is 0.935. The van der Waals surface area contributed by atoms with Gasteiger partial charge in [-0.25, -0.2) is 0 Å². The molecule has 5 heteroatoms. The summed E-state index contributed by atoms with van der Waals surface area (Å²) in [6.07, 6.45) is 14.9. The lowest BCUT2D eigenvalue weighted by Gasteiger charge is -2.58. The van der Waals surface area contributed by atoms with Crippen molar-refractivity contribution >= 4 is 11.6 Å². The molecule has 0 spiro atoms. The highest BCUT2D eigenvalue weighted by Gasteiger charge is 2.52. The molecule has 0 aromatic rings. The Bertz CT molecular complexity index is 769. The van der Waals surface area contributed by atoms with Gasteiger partial charge in [0.2, 0.25) is 5.91 Å². The zero-order valence-electron chi connectivity index (χ0n) is 24.0. The number of carbonyl (C=O) groups is 1. The number of hydrogen-bond acceptors (Lipinski definition) is 4. The largest absolute Gasteiger partial charge is 0.393 e. The third kappa shape index (κ3) is 6.37. The number of likely N-dealkylation sites (tertiary alicyclic amines) is 1. The summed E-state index contributed by atoms with van der Waals surface area (Å²) in [5.41, 5.74) is 1.63. The second-order valence-corrected chi connectivity index (χ2v) is 13.5. The molecule has 0 aromatic heterocycles. The van der Waals surface area contributed by atoms with E-state index in [0.717, 1.165) is 61.9 Å². The van der Waals surface area contributed by atoms with Gasteiger partial charge in [0.15, 0.2) is 0 Å². The molecule has 1 saturated heterocycles. The third-order valence-electron chi connectivity index (χ3n) is 11.3. The van der Waals surface area contributed by atoms with Crippen molar-refractivity contribution in [3.8, 4) is 0 Å². The summed E-state index contributed by atoms with van der Waals surface area (Å²) in [5.74, 6) is 4.61. The minimum absolute atomic E-state index is 0.0542. The summed E-state index contributed by atoms with van der Waals surface area (Å²) in [5, 5.41) is 13.4. The molecule has 2 N–H and O–H groups in total. The summed E-state index contributed by atoms with van der Waals surface area (Å²) in [4.78, 5) is 19.6. The number of hydrogen-bond donors (Lipinski definition) is 2. The highest BCUT2D eigenvalue weighted by molar-refractivity contribution is 5.87. The van der Waals surface area contributed by atoms with Crippen LogP contribution in [0.3, 0.4) is 0 Å². The standard InChI is InChI=1S/C31H55N3O2/c1-6-23(22(3)32-19-30(36)33-18-26-16-21(2)20-34(26)5)10-11-24-8-7-9-29-28(24)13-12-25-17-27(35)14-15-31(25,29)4/h21,23-29,35H,6-20H2,1-5H3,(H,33,36)/t21?,23-,24+,25-,26?,27-,28+,29+,31+/m1/s1. The van der Waals surface area contributed by atoms with Crippen molar-refractivity contribution in [2.75, 3.05) is 26.7 Å². The molecule has 1 amide bonds. The molecule has 0 radical (unpaired) electrons. The van der Waals surface area contributed by atoms with E-state index >= 15 is 0 Å². The SMILES string of the molecule is CC[C@H](CC[C@@H]1CCC[C@H]2[C@H]1CC[C@@H]1C[C@H](O)CC[C@@]12C)C(C)=NCC(=O)NCC1CC(C)CN1C. The van der Waals surface area contributed by atoms with Crippen LogP contribution in [0.5, 0.6) is 0 Å². The van der Waals surface area contributed by atoms with E-state index in [1.54, 1.807) is 0 Å². The van der Waals surface area contributed by atoms with Crippen molar-refractivity contribution in [3.05, 3.63) is 0 Å². The lowest BCUT2D eigenvalue weighted by molar-refractivity contribution is -0.119. The molecule has 3 saturated carbocycles. The first-order valence-corrected chi connectivity index (χ1v) is 15.4. The lowest BCUT2D eigenvalue weighted by atomic mass is 9.47. The molecule has 9 atom stereocenters. The van der Waals surface area contributed by atoms with E-state index in [1.165, 1.54) is 63.5 Å². The van der Waals surface area contributed by atoms with E-state index in [9.17, 15) is 9.90 Å². The molecule has 36 heavy (non-hydrogen) atoms. The molecule has 206 valence electrons. The maximum atomic E-state index is 12.5. The van der Waals surface area contributed by atoms with E-state index < -0.39 is 0 Å². The second kappa shape index (κ2) is 12.3. The van der Waals surface area contributed by atoms with Gasteiger partial charge in [0.1, 0.15) is 6.54 Å². The summed E-state index contributed by atoms with van der Waals surface area (Å²) in [6, 6.07) is 0.465. The predicted molar refractivity (Wildman–Crippen MR) is 149 cm³/mol. The number of aliphatic hydroxyl groups is 1. The highest BCUT2D eigenvalue weighted by Crippen LogP contribution is 2.60. The van der Waals surface area contributed by atoms with Crippen LogP contribution < -0.4 is 5.32 Å². The van der Waals surface area contributed by atoms with E-state index in [-0.39, 0.29) is 18.6 Å². The second-order valence-electron chi connectivity index (χ2n) is 13.5. The van der Waals surface area contributed by atoms with Gasteiger partial charge in [0.05, 0.1) is 6.10 Å². The minimum atomic E-state index is -0.0542. The molecule has 4 rings (SSSR count). The lowest BCUT2D eigenvalue weighted by Crippen LogP contribution is -2.50. The van der Waals surface area contributed by atoms with Gasteiger partial charge in [-0.05, 0) is 119 Å². The molecule has 4 fully saturated rings. The molecule has 5 nitrogen and oxygen atoms in total. The molecule has 0 aromatic carbocycles. The number of aliphatic hydroxyl groups excluding tert-OH is 1. The number of fused-ring (bicyclic) bond motifs is 3. The smallest absolute Gasteiger partial charge is 0.241 e. The van der Waals surface area contributed by atoms with Crippen LogP contribution in [0.25, 0.3) is 0 Å². The summed E-state index contributed by atoms with van der Waals surface area (Å²) in [6.45, 7) is 11.4. The first kappa shape index (κ1) is 28.1. The van der Waals surface area contributed by atoms with Crippen LogP contribution in [0.4, 0.5) is 0 Å². The van der Waals surface area contributed by atoms with Crippen molar-refractivity contribution in [2.24, 2.45) is 45.9 Å². The van der Waals surface area contributed by atoms with Crippen LogP contribution in [0.1, 0.15) is 105 Å². The van der Waals surface area contributed by atoms with E-state index in [2.05, 4.69) is 45.0 Å². The molecule has 2 unspecified atom stereocenters. The van der Waals surface area contributed by atoms with Crippen molar-refractivity contribution < 1.29 is 9.90 Å². The number of rotatable bonds is 9. The van der Waals surface area contributed by atoms with Gasteiger partial charge in [-0.1, -0.05) is 33.6 Å². The van der Waals surface area contributed by atoms with Crippen LogP contribution in [-0.2, 0) is 4.79 Å². The van der Waals surface area contributed by atoms with Crippen LogP contribution in [0.15, 0.2) is 4.99 Å². The molecule has 4 aliphatic rings. The average molecular weight is 502 g/mol. The maximum absolute atomic E-state index is 12.5. The van der Waals surface area contributed by atoms with Gasteiger partial charge in [-0.2, -0.15) is 0 Å². The van der Waals surface area contributed by atoms with Crippen LogP contribution in [0, 0.1) is 40.9 Å². The van der Waals surface area contributed by atoms with E-state index in [1.807, 2.05) is 0 Å². The Kier molecular flexibility index (Phi) is 9.58. The van der Waals surface area contributed by atoms with Gasteiger partial charge < -0.3 is 15.3 Å². The zero-order chi connectivity index (χ0) is 25.9. The molecular formula is C31H55N3O2. The van der Waals surface area contributed by atoms with Crippen molar-refractivity contribution in [3.63, 3.8) is 0 Å². The monoisotopic (exact) mass is 501 g/mol. The molecular weight excluding hydrogens is 446 g/mol. The van der Waals surface area contributed by atoms with Crippen molar-refractivity contribution in [1.82, 2.24) is 10.2 Å². The first-order valence-electron chi connectivity index (χ1n) is 15.4. The Balaban J connectivity index is 1.26. The summed E-state index contributed by atoms with van der Waals surface area (Å²) in [7, 11) is 2.16. The van der Waals surface area contributed by atoms with E-state index in [0.29, 0.717) is 17.4 Å². The number of carbonyl (C=O) groups excluding carboxylic acids is 1. The zero-order valence-corrected chi connectivity index (χ0v) is 24.0. The van der Waals surface area contributed by atoms with Crippen LogP contribution in [0.2, 0.25) is 0 Å². The normalized spacial score (nSPS) is 40.4. The molecule has 3 aliphatic carbocycles. The van der Waals surface area contributed by atoms with E-state index in [4.69, 9.17) is 4.99 Å². The quantitative estimate of drug-likeness (QED) is 0.398. The topological polar surface area (TPSA) is 64.9 Å². The Morgan fingerprint density at radius 1 is 1.19 bits per heavy atom. The summed E-state index contributed by atoms with van der Waals surface area (Å²) >= 11 is 0. The number of nitrogens with zero attached hydrogens (tertiary/aromatic N) is 2. The number of aliphatic imine (C=N–C) groups is 1. The van der Waals surface area contributed by atoms with Gasteiger partial charge in [0.25, 0.3) is 0 Å². The third-order valence-corrected chi connectivity index (χ3v) is 11.3. The van der Waals surface area contributed by atoms with Crippen LogP contribution in [-0.4, -0.2) is 60.5 Å². The van der Waals surface area contributed by atoms with Gasteiger partial charge >= 0.3 is 0 Å². The maximum Gasteiger partial charge on any atom is 0.241 e. The van der Waals surface area contributed by atoms with Crippen molar-refractivity contribution in [2.45, 2.75) is 117 Å². The van der Waals surface area contributed by atoms with Gasteiger partial charge in [0, 0.05) is 24.8 Å². The molecule has 1 heterocycles.